The zero-order chi connectivity index (χ0) is 12.0. The van der Waals surface area contributed by atoms with Crippen LogP contribution in [0.5, 0.6) is 0 Å². The summed E-state index contributed by atoms with van der Waals surface area (Å²) in [4.78, 5) is 15.4. The Morgan fingerprint density at radius 2 is 2.24 bits per heavy atom. The largest absolute Gasteiger partial charge is 0.480 e. The molecule has 3 rings (SSSR count). The van der Waals surface area contributed by atoms with E-state index >= 15 is 0 Å². The Morgan fingerprint density at radius 3 is 2.82 bits per heavy atom. The zero-order valence-corrected chi connectivity index (χ0v) is 8.94. The zero-order valence-electron chi connectivity index (χ0n) is 8.94. The van der Waals surface area contributed by atoms with Crippen LogP contribution in [-0.4, -0.2) is 16.1 Å². The predicted molar refractivity (Wildman–Crippen MR) is 57.1 cm³/mol. The smallest absolute Gasteiger partial charge is 0.319 e. The van der Waals surface area contributed by atoms with Crippen LogP contribution in [0.25, 0.3) is 11.1 Å². The Morgan fingerprint density at radius 1 is 1.47 bits per heavy atom. The lowest BCUT2D eigenvalue weighted by Crippen LogP contribution is -2.42. The third kappa shape index (κ3) is 1.35. The molecule has 88 valence electrons. The quantitative estimate of drug-likeness (QED) is 0.868. The summed E-state index contributed by atoms with van der Waals surface area (Å²) in [5.74, 6) is -1.15. The number of halogens is 1. The van der Waals surface area contributed by atoms with Gasteiger partial charge in [-0.2, -0.15) is 0 Å². The summed E-state index contributed by atoms with van der Waals surface area (Å²) in [7, 11) is 0. The number of rotatable bonds is 2. The standard InChI is InChI=1S/C12H10FNO3/c13-7-2-3-8-9(6-7)17-10(14-8)12(11(15)16)4-1-5-12/h2-3,6H,1,4-5H2,(H,15,16). The first-order chi connectivity index (χ1) is 8.12. The van der Waals surface area contributed by atoms with Gasteiger partial charge in [-0.1, -0.05) is 6.42 Å². The molecule has 0 saturated heterocycles. The Kier molecular flexibility index (Phi) is 1.98. The number of hydrogen-bond acceptors (Lipinski definition) is 3. The van der Waals surface area contributed by atoms with Crippen LogP contribution >= 0.6 is 0 Å². The molecule has 1 aromatic carbocycles. The van der Waals surface area contributed by atoms with Crippen molar-refractivity contribution in [2.45, 2.75) is 24.7 Å². The van der Waals surface area contributed by atoms with Crippen LogP contribution in [0.3, 0.4) is 0 Å². The van der Waals surface area contributed by atoms with Crippen molar-refractivity contribution in [3.8, 4) is 0 Å². The van der Waals surface area contributed by atoms with Crippen LogP contribution in [0.4, 0.5) is 4.39 Å². The second-order valence-corrected chi connectivity index (χ2v) is 4.37. The highest BCUT2D eigenvalue weighted by Gasteiger charge is 2.50. The average Bonchev–Trinajstić information content (AvgIpc) is 2.57. The number of carboxylic acids is 1. The summed E-state index contributed by atoms with van der Waals surface area (Å²) < 4.78 is 18.4. The van der Waals surface area contributed by atoms with Crippen molar-refractivity contribution >= 4 is 17.1 Å². The van der Waals surface area contributed by atoms with Crippen LogP contribution in [0.1, 0.15) is 25.2 Å². The van der Waals surface area contributed by atoms with Gasteiger partial charge in [-0.15, -0.1) is 0 Å². The fourth-order valence-corrected chi connectivity index (χ4v) is 2.15. The van der Waals surface area contributed by atoms with E-state index in [-0.39, 0.29) is 5.89 Å². The van der Waals surface area contributed by atoms with E-state index in [9.17, 15) is 14.3 Å². The Labute approximate surface area is 96.1 Å². The highest BCUT2D eigenvalue weighted by molar-refractivity contribution is 5.82. The minimum absolute atomic E-state index is 0.192. The molecule has 0 bridgehead atoms. The molecular weight excluding hydrogens is 225 g/mol. The first-order valence-corrected chi connectivity index (χ1v) is 5.42. The van der Waals surface area contributed by atoms with Gasteiger partial charge in [0.05, 0.1) is 0 Å². The highest BCUT2D eigenvalue weighted by atomic mass is 19.1. The topological polar surface area (TPSA) is 63.3 Å². The molecule has 5 heteroatoms. The number of nitrogens with zero attached hydrogens (tertiary/aromatic N) is 1. The molecule has 0 atom stereocenters. The van der Waals surface area contributed by atoms with Crippen molar-refractivity contribution in [2.24, 2.45) is 0 Å². The number of aromatic nitrogens is 1. The Bertz CT molecular complexity index is 601. The lowest BCUT2D eigenvalue weighted by molar-refractivity contribution is -0.148. The molecule has 1 saturated carbocycles. The first-order valence-electron chi connectivity index (χ1n) is 5.42. The van der Waals surface area contributed by atoms with Crippen molar-refractivity contribution in [1.29, 1.82) is 0 Å². The number of benzene rings is 1. The van der Waals surface area contributed by atoms with Gasteiger partial charge in [-0.25, -0.2) is 9.37 Å². The maximum Gasteiger partial charge on any atom is 0.319 e. The molecule has 0 aliphatic heterocycles. The summed E-state index contributed by atoms with van der Waals surface area (Å²) >= 11 is 0. The van der Waals surface area contributed by atoms with Crippen LogP contribution in [0, 0.1) is 5.82 Å². The van der Waals surface area contributed by atoms with E-state index in [1.54, 1.807) is 0 Å². The number of hydrogen-bond donors (Lipinski definition) is 1. The third-order valence-electron chi connectivity index (χ3n) is 3.38. The lowest BCUT2D eigenvalue weighted by Gasteiger charge is -2.34. The molecule has 1 fully saturated rings. The second-order valence-electron chi connectivity index (χ2n) is 4.37. The summed E-state index contributed by atoms with van der Waals surface area (Å²) in [6, 6.07) is 3.99. The molecule has 1 N–H and O–H groups in total. The van der Waals surface area contributed by atoms with Crippen molar-refractivity contribution in [2.75, 3.05) is 0 Å². The van der Waals surface area contributed by atoms with Gasteiger partial charge in [-0.3, -0.25) is 4.79 Å². The average molecular weight is 235 g/mol. The van der Waals surface area contributed by atoms with E-state index in [1.807, 2.05) is 0 Å². The maximum absolute atomic E-state index is 13.0. The molecule has 0 amide bonds. The number of oxazole rings is 1. The van der Waals surface area contributed by atoms with Gasteiger partial charge in [0.2, 0.25) is 5.89 Å². The molecule has 0 unspecified atom stereocenters. The van der Waals surface area contributed by atoms with E-state index in [0.717, 1.165) is 6.42 Å². The van der Waals surface area contributed by atoms with Gasteiger partial charge >= 0.3 is 5.97 Å². The molecule has 0 radical (unpaired) electrons. The van der Waals surface area contributed by atoms with Gasteiger partial charge in [-0.05, 0) is 25.0 Å². The van der Waals surface area contributed by atoms with Gasteiger partial charge in [0.1, 0.15) is 16.7 Å². The van der Waals surface area contributed by atoms with Gasteiger partial charge < -0.3 is 9.52 Å². The van der Waals surface area contributed by atoms with E-state index in [1.165, 1.54) is 18.2 Å². The van der Waals surface area contributed by atoms with Crippen LogP contribution in [0.15, 0.2) is 22.6 Å². The van der Waals surface area contributed by atoms with Crippen LogP contribution in [0.2, 0.25) is 0 Å². The van der Waals surface area contributed by atoms with Crippen molar-refractivity contribution in [1.82, 2.24) is 4.98 Å². The van der Waals surface area contributed by atoms with Crippen molar-refractivity contribution < 1.29 is 18.7 Å². The third-order valence-corrected chi connectivity index (χ3v) is 3.38. The van der Waals surface area contributed by atoms with E-state index in [2.05, 4.69) is 4.98 Å². The SMILES string of the molecule is O=C(O)C1(c2nc3ccc(F)cc3o2)CCC1. The minimum Gasteiger partial charge on any atom is -0.480 e. The van der Waals surface area contributed by atoms with Crippen LogP contribution in [-0.2, 0) is 10.2 Å². The molecular formula is C12H10FNO3. The summed E-state index contributed by atoms with van der Waals surface area (Å²) in [6.07, 6.45) is 1.90. The molecule has 4 nitrogen and oxygen atoms in total. The normalized spacial score (nSPS) is 17.9. The summed E-state index contributed by atoms with van der Waals surface area (Å²) in [6.45, 7) is 0. The number of fused-ring (bicyclic) bond motifs is 1. The fraction of sp³-hybridized carbons (Fsp3) is 0.333. The summed E-state index contributed by atoms with van der Waals surface area (Å²) in [5.41, 5.74) is -0.211. The molecule has 0 spiro atoms. The predicted octanol–water partition coefficient (Wildman–Crippen LogP) is 2.47. The molecule has 1 aromatic heterocycles. The van der Waals surface area contributed by atoms with Gasteiger partial charge in [0.25, 0.3) is 0 Å². The number of aliphatic carboxylic acids is 1. The monoisotopic (exact) mass is 235 g/mol. The molecule has 2 aromatic rings. The lowest BCUT2D eigenvalue weighted by atomic mass is 9.68. The van der Waals surface area contributed by atoms with Gasteiger partial charge in [0, 0.05) is 6.07 Å². The maximum atomic E-state index is 13.0. The second kappa shape index (κ2) is 3.29. The minimum atomic E-state index is -1.00. The fourth-order valence-electron chi connectivity index (χ4n) is 2.15. The van der Waals surface area contributed by atoms with Gasteiger partial charge in [0.15, 0.2) is 5.58 Å². The summed E-state index contributed by atoms with van der Waals surface area (Å²) in [5, 5.41) is 9.24. The number of carbonyl (C=O) groups is 1. The van der Waals surface area contributed by atoms with E-state index in [0.29, 0.717) is 23.9 Å². The van der Waals surface area contributed by atoms with E-state index in [4.69, 9.17) is 4.42 Å². The van der Waals surface area contributed by atoms with Crippen LogP contribution < -0.4 is 0 Å². The molecule has 17 heavy (non-hydrogen) atoms. The Balaban J connectivity index is 2.14. The highest BCUT2D eigenvalue weighted by Crippen LogP contribution is 2.44. The Hall–Kier alpha value is -1.91. The molecule has 1 aliphatic carbocycles. The molecule has 1 aliphatic rings. The van der Waals surface area contributed by atoms with Crippen molar-refractivity contribution in [3.63, 3.8) is 0 Å². The number of carboxylic acid groups (broad SMARTS) is 1. The first kappa shape index (κ1) is 10.3. The van der Waals surface area contributed by atoms with Crippen molar-refractivity contribution in [3.05, 3.63) is 29.9 Å². The molecule has 1 heterocycles. The van der Waals surface area contributed by atoms with E-state index < -0.39 is 17.2 Å².